The molecule has 1 amide bonds. The molecule has 1 unspecified atom stereocenters. The van der Waals surface area contributed by atoms with Crippen molar-refractivity contribution < 1.29 is 18.8 Å². The number of amides is 1. The van der Waals surface area contributed by atoms with Crippen molar-refractivity contribution >= 4 is 11.7 Å². The number of aliphatic hydroxyl groups is 1. The molecule has 174 valence electrons. The third-order valence-corrected chi connectivity index (χ3v) is 6.66. The van der Waals surface area contributed by atoms with E-state index >= 15 is 0 Å². The minimum absolute atomic E-state index is 0.155. The smallest absolute Gasteiger partial charge is 0.291 e. The highest BCUT2D eigenvalue weighted by atomic mass is 19.1. The van der Waals surface area contributed by atoms with Crippen LogP contribution in [0.3, 0.4) is 0 Å². The van der Waals surface area contributed by atoms with Crippen molar-refractivity contribution in [2.45, 2.75) is 45.4 Å². The molecule has 0 bridgehead atoms. The Labute approximate surface area is 186 Å². The number of piperidine rings is 1. The first-order valence-corrected chi connectivity index (χ1v) is 11.3. The Bertz CT molecular complexity index is 978. The van der Waals surface area contributed by atoms with Gasteiger partial charge in [0.25, 0.3) is 5.95 Å². The lowest BCUT2D eigenvalue weighted by molar-refractivity contribution is -0.133. The van der Waals surface area contributed by atoms with Crippen LogP contribution in [0, 0.1) is 12.8 Å². The Kier molecular flexibility index (Phi) is 6.71. The fourth-order valence-corrected chi connectivity index (χ4v) is 4.85. The zero-order valence-electron chi connectivity index (χ0n) is 18.8. The van der Waals surface area contributed by atoms with Crippen LogP contribution >= 0.6 is 0 Å². The summed E-state index contributed by atoms with van der Waals surface area (Å²) in [5, 5.41) is 17.5. The number of aryl methyl sites for hydroxylation is 1. The zero-order chi connectivity index (χ0) is 22.8. The molecule has 2 aromatic heterocycles. The lowest BCUT2D eigenvalue weighted by Gasteiger charge is -2.32. The van der Waals surface area contributed by atoms with Crippen LogP contribution in [0.4, 0.5) is 4.39 Å². The first-order valence-electron chi connectivity index (χ1n) is 11.3. The zero-order valence-corrected chi connectivity index (χ0v) is 18.8. The summed E-state index contributed by atoms with van der Waals surface area (Å²) < 4.78 is 21.0. The Morgan fingerprint density at radius 3 is 2.69 bits per heavy atom. The van der Waals surface area contributed by atoms with E-state index in [2.05, 4.69) is 26.7 Å². The number of halogens is 1. The Balaban J connectivity index is 1.36. The fraction of sp³-hybridized carbons (Fsp3) is 0.636. The van der Waals surface area contributed by atoms with Crippen molar-refractivity contribution in [3.8, 4) is 5.95 Å². The molecule has 0 spiro atoms. The van der Waals surface area contributed by atoms with Gasteiger partial charge in [-0.05, 0) is 56.8 Å². The number of aliphatic hydroxyl groups excluding tert-OH is 1. The molecule has 2 fully saturated rings. The molecule has 0 aliphatic carbocycles. The number of nitrogens with zero attached hydrogens (tertiary/aromatic N) is 6. The monoisotopic (exact) mass is 446 g/mol. The van der Waals surface area contributed by atoms with E-state index in [1.807, 2.05) is 13.8 Å². The van der Waals surface area contributed by atoms with Crippen molar-refractivity contribution in [1.29, 1.82) is 0 Å². The Morgan fingerprint density at radius 1 is 1.28 bits per heavy atom. The maximum absolute atomic E-state index is 14.1. The number of likely N-dealkylation sites (tertiary alicyclic amines) is 2. The van der Waals surface area contributed by atoms with Crippen molar-refractivity contribution in [2.24, 2.45) is 5.92 Å². The van der Waals surface area contributed by atoms with Crippen LogP contribution < -0.4 is 0 Å². The molecule has 2 saturated heterocycles. The maximum Gasteiger partial charge on any atom is 0.291 e. The third kappa shape index (κ3) is 4.47. The largest absolute Gasteiger partial charge is 0.387 e. The molecule has 2 aliphatic rings. The highest BCUT2D eigenvalue weighted by Crippen LogP contribution is 2.30. The van der Waals surface area contributed by atoms with E-state index in [4.69, 9.17) is 9.63 Å². The standard InChI is InChI=1S/C22H31FN6O3/c1-4-18-14(2)20(15(3)23)29(25-18)22-24-21(32-26-22)17-6-8-27(9-7-17)11-16-5-10-28(12-16)19(31)13-30/h16-17,30H,3-13H2,1-2H3. The number of hydrogen-bond donors (Lipinski definition) is 1. The number of aromatic nitrogens is 4. The average Bonchev–Trinajstić information content (AvgIpc) is 3.52. The van der Waals surface area contributed by atoms with Crippen molar-refractivity contribution in [3.05, 3.63) is 29.4 Å². The van der Waals surface area contributed by atoms with Gasteiger partial charge in [-0.2, -0.15) is 14.8 Å². The number of hydrogen-bond acceptors (Lipinski definition) is 7. The van der Waals surface area contributed by atoms with Gasteiger partial charge in [-0.3, -0.25) is 4.79 Å². The SMILES string of the molecule is C=C(F)c1c(C)c(CC)nn1-c1noc(C2CCN(CC3CCN(C(=O)CO)C3)CC2)n1. The summed E-state index contributed by atoms with van der Waals surface area (Å²) in [6.45, 7) is 11.0. The van der Waals surface area contributed by atoms with Crippen molar-refractivity contribution in [2.75, 3.05) is 39.3 Å². The minimum atomic E-state index is -0.569. The van der Waals surface area contributed by atoms with E-state index in [1.165, 1.54) is 4.68 Å². The predicted octanol–water partition coefficient (Wildman–Crippen LogP) is 2.09. The topological polar surface area (TPSA) is 101 Å². The lowest BCUT2D eigenvalue weighted by atomic mass is 9.95. The molecule has 2 aromatic rings. The molecule has 1 atom stereocenters. The second-order valence-electron chi connectivity index (χ2n) is 8.75. The van der Waals surface area contributed by atoms with Gasteiger partial charge in [0.2, 0.25) is 11.8 Å². The Morgan fingerprint density at radius 2 is 2.03 bits per heavy atom. The molecule has 4 heterocycles. The fourth-order valence-electron chi connectivity index (χ4n) is 4.85. The molecular weight excluding hydrogens is 415 g/mol. The van der Waals surface area contributed by atoms with Crippen LogP contribution in [0.25, 0.3) is 11.8 Å². The van der Waals surface area contributed by atoms with Crippen LogP contribution in [0.1, 0.15) is 54.9 Å². The van der Waals surface area contributed by atoms with E-state index in [1.54, 1.807) is 4.90 Å². The van der Waals surface area contributed by atoms with Gasteiger partial charge in [-0.25, -0.2) is 4.39 Å². The lowest BCUT2D eigenvalue weighted by Crippen LogP contribution is -2.38. The van der Waals surface area contributed by atoms with Crippen molar-refractivity contribution in [3.63, 3.8) is 0 Å². The summed E-state index contributed by atoms with van der Waals surface area (Å²) in [4.78, 5) is 20.4. The molecule has 1 N–H and O–H groups in total. The summed E-state index contributed by atoms with van der Waals surface area (Å²) in [7, 11) is 0. The normalized spacial score (nSPS) is 20.2. The van der Waals surface area contributed by atoms with E-state index in [-0.39, 0.29) is 23.5 Å². The molecule has 0 aromatic carbocycles. The molecule has 0 saturated carbocycles. The van der Waals surface area contributed by atoms with E-state index < -0.39 is 12.4 Å². The molecule has 9 nitrogen and oxygen atoms in total. The Hall–Kier alpha value is -2.59. The molecule has 10 heteroatoms. The average molecular weight is 447 g/mol. The van der Waals surface area contributed by atoms with Crippen LogP contribution in [0.2, 0.25) is 0 Å². The van der Waals surface area contributed by atoms with Gasteiger partial charge in [0.15, 0.2) is 0 Å². The third-order valence-electron chi connectivity index (χ3n) is 6.66. The number of carbonyl (C=O) groups is 1. The summed E-state index contributed by atoms with van der Waals surface area (Å²) in [5.41, 5.74) is 1.81. The van der Waals surface area contributed by atoms with E-state index in [9.17, 15) is 9.18 Å². The minimum Gasteiger partial charge on any atom is -0.387 e. The van der Waals surface area contributed by atoms with Gasteiger partial charge in [0, 0.05) is 31.1 Å². The van der Waals surface area contributed by atoms with E-state index in [0.717, 1.165) is 63.2 Å². The van der Waals surface area contributed by atoms with E-state index in [0.29, 0.717) is 18.2 Å². The molecule has 4 rings (SSSR count). The second kappa shape index (κ2) is 9.50. The summed E-state index contributed by atoms with van der Waals surface area (Å²) >= 11 is 0. The highest BCUT2D eigenvalue weighted by Gasteiger charge is 2.31. The van der Waals surface area contributed by atoms with Crippen molar-refractivity contribution in [1.82, 2.24) is 29.7 Å². The van der Waals surface area contributed by atoms with Crippen LogP contribution in [-0.4, -0.2) is 80.1 Å². The van der Waals surface area contributed by atoms with Gasteiger partial charge in [0.1, 0.15) is 18.1 Å². The quantitative estimate of drug-likeness (QED) is 0.695. The first-order chi connectivity index (χ1) is 15.4. The van der Waals surface area contributed by atoms with Crippen LogP contribution in [0.15, 0.2) is 11.1 Å². The van der Waals surface area contributed by atoms with Gasteiger partial charge < -0.3 is 19.4 Å². The van der Waals surface area contributed by atoms with Gasteiger partial charge in [-0.1, -0.05) is 13.5 Å². The predicted molar refractivity (Wildman–Crippen MR) is 116 cm³/mol. The molecule has 32 heavy (non-hydrogen) atoms. The first kappa shape index (κ1) is 22.6. The summed E-state index contributed by atoms with van der Waals surface area (Å²) in [6, 6.07) is 0. The maximum atomic E-state index is 14.1. The number of carbonyl (C=O) groups excluding carboxylic acids is 1. The van der Waals surface area contributed by atoms with Gasteiger partial charge in [0.05, 0.1) is 5.69 Å². The highest BCUT2D eigenvalue weighted by molar-refractivity contribution is 5.77. The number of rotatable bonds is 7. The molecule has 2 aliphatic heterocycles. The second-order valence-corrected chi connectivity index (χ2v) is 8.75. The molecule has 0 radical (unpaired) electrons. The summed E-state index contributed by atoms with van der Waals surface area (Å²) in [6.07, 6.45) is 3.45. The van der Waals surface area contributed by atoms with Crippen LogP contribution in [0.5, 0.6) is 0 Å². The van der Waals surface area contributed by atoms with Crippen LogP contribution in [-0.2, 0) is 11.2 Å². The van der Waals surface area contributed by atoms with Gasteiger partial charge in [-0.15, -0.1) is 0 Å². The summed E-state index contributed by atoms with van der Waals surface area (Å²) in [5.74, 6) is 0.639. The van der Waals surface area contributed by atoms with Gasteiger partial charge >= 0.3 is 0 Å². The molecular formula is C22H31FN6O3.